The predicted molar refractivity (Wildman–Crippen MR) is 70.5 cm³/mol. The molecule has 0 saturated heterocycles. The number of hydrogen-bond donors (Lipinski definition) is 2. The average molecular weight is 361 g/mol. The largest absolute Gasteiger partial charge is 0.416 e. The van der Waals surface area contributed by atoms with Crippen LogP contribution in [-0.2, 0) is 16.2 Å². The lowest BCUT2D eigenvalue weighted by atomic mass is 10.2. The van der Waals surface area contributed by atoms with Gasteiger partial charge in [-0.3, -0.25) is 0 Å². The number of nitrogens with one attached hydrogen (secondary N) is 2. The van der Waals surface area contributed by atoms with Crippen molar-refractivity contribution < 1.29 is 21.6 Å². The minimum Gasteiger partial charge on any atom is -0.383 e. The summed E-state index contributed by atoms with van der Waals surface area (Å²) in [6.45, 7) is 0.406. The van der Waals surface area contributed by atoms with Crippen LogP contribution in [0, 0.1) is 0 Å². The highest BCUT2D eigenvalue weighted by Crippen LogP contribution is 2.33. The van der Waals surface area contributed by atoms with E-state index in [0.29, 0.717) is 5.69 Å². The fourth-order valence-electron chi connectivity index (χ4n) is 1.27. The summed E-state index contributed by atoms with van der Waals surface area (Å²) >= 11 is 3.03. The number of sulfonamides is 1. The lowest BCUT2D eigenvalue weighted by Crippen LogP contribution is -2.27. The van der Waals surface area contributed by atoms with E-state index in [4.69, 9.17) is 0 Å². The summed E-state index contributed by atoms with van der Waals surface area (Å²) in [6.07, 6.45) is -3.36. The Hall–Kier alpha value is -0.800. The molecule has 0 bridgehead atoms. The lowest BCUT2D eigenvalue weighted by Gasteiger charge is -2.12. The zero-order valence-electron chi connectivity index (χ0n) is 9.88. The van der Waals surface area contributed by atoms with E-state index in [0.717, 1.165) is 18.4 Å². The van der Waals surface area contributed by atoms with Gasteiger partial charge in [-0.1, -0.05) is 0 Å². The van der Waals surface area contributed by atoms with Crippen molar-refractivity contribution in [3.63, 3.8) is 0 Å². The Morgan fingerprint density at radius 1 is 1.26 bits per heavy atom. The Morgan fingerprint density at radius 3 is 2.37 bits per heavy atom. The summed E-state index contributed by atoms with van der Waals surface area (Å²) in [5, 5.41) is 2.82. The van der Waals surface area contributed by atoms with Crippen molar-refractivity contribution in [2.24, 2.45) is 0 Å². The molecule has 0 saturated carbocycles. The molecule has 0 atom stereocenters. The van der Waals surface area contributed by atoms with Crippen LogP contribution in [0.15, 0.2) is 22.7 Å². The van der Waals surface area contributed by atoms with E-state index >= 15 is 0 Å². The third-order valence-corrected chi connectivity index (χ3v) is 3.49. The first-order valence-electron chi connectivity index (χ1n) is 5.15. The molecule has 0 amide bonds. The minimum atomic E-state index is -4.39. The van der Waals surface area contributed by atoms with E-state index in [-0.39, 0.29) is 17.6 Å². The van der Waals surface area contributed by atoms with Crippen molar-refractivity contribution in [3.05, 3.63) is 28.2 Å². The molecule has 0 aliphatic carbocycles. The molecule has 1 aromatic carbocycles. The van der Waals surface area contributed by atoms with Gasteiger partial charge in [0.25, 0.3) is 0 Å². The van der Waals surface area contributed by atoms with Crippen LogP contribution < -0.4 is 10.0 Å². The zero-order chi connectivity index (χ0) is 14.7. The predicted octanol–water partition coefficient (Wildman–Crippen LogP) is 2.43. The summed E-state index contributed by atoms with van der Waals surface area (Å²) in [5.41, 5.74) is -0.289. The molecule has 19 heavy (non-hydrogen) atoms. The van der Waals surface area contributed by atoms with Gasteiger partial charge >= 0.3 is 6.18 Å². The minimum absolute atomic E-state index is 0.145. The molecule has 108 valence electrons. The Balaban J connectivity index is 2.61. The maximum atomic E-state index is 12.4. The zero-order valence-corrected chi connectivity index (χ0v) is 12.3. The van der Waals surface area contributed by atoms with Crippen LogP contribution in [-0.4, -0.2) is 27.8 Å². The van der Waals surface area contributed by atoms with Crippen molar-refractivity contribution in [1.82, 2.24) is 4.72 Å². The van der Waals surface area contributed by atoms with Gasteiger partial charge in [-0.25, -0.2) is 13.1 Å². The van der Waals surface area contributed by atoms with E-state index in [1.807, 2.05) is 0 Å². The standard InChI is InChI=1S/C10H12BrF3N2O2S/c1-19(17,18)16-5-4-15-9-3-2-7(6-8(9)11)10(12,13)14/h2-3,6,15-16H,4-5H2,1H3. The average Bonchev–Trinajstić information content (AvgIpc) is 2.23. The summed E-state index contributed by atoms with van der Waals surface area (Å²) in [5.74, 6) is 0. The molecule has 9 heteroatoms. The molecule has 0 fully saturated rings. The molecular weight excluding hydrogens is 349 g/mol. The molecule has 4 nitrogen and oxygen atoms in total. The van der Waals surface area contributed by atoms with Gasteiger partial charge in [0, 0.05) is 23.2 Å². The molecule has 0 aliphatic heterocycles. The van der Waals surface area contributed by atoms with Crippen LogP contribution in [0.25, 0.3) is 0 Å². The van der Waals surface area contributed by atoms with E-state index in [9.17, 15) is 21.6 Å². The van der Waals surface area contributed by atoms with E-state index in [1.54, 1.807) is 0 Å². The summed E-state index contributed by atoms with van der Waals surface area (Å²) < 4.78 is 61.4. The molecule has 0 spiro atoms. The van der Waals surface area contributed by atoms with Crippen LogP contribution in [0.1, 0.15) is 5.56 Å². The molecule has 0 unspecified atom stereocenters. The van der Waals surface area contributed by atoms with Crippen molar-refractivity contribution in [2.45, 2.75) is 6.18 Å². The second-order valence-corrected chi connectivity index (χ2v) is 6.47. The third-order valence-electron chi connectivity index (χ3n) is 2.10. The molecule has 0 aliphatic rings. The van der Waals surface area contributed by atoms with Gasteiger partial charge in [-0.15, -0.1) is 0 Å². The molecular formula is C10H12BrF3N2O2S. The van der Waals surface area contributed by atoms with Gasteiger partial charge in [0.15, 0.2) is 0 Å². The van der Waals surface area contributed by atoms with Crippen molar-refractivity contribution in [3.8, 4) is 0 Å². The van der Waals surface area contributed by atoms with Gasteiger partial charge in [0.2, 0.25) is 10.0 Å². The topological polar surface area (TPSA) is 58.2 Å². The van der Waals surface area contributed by atoms with Crippen molar-refractivity contribution >= 4 is 31.6 Å². The van der Waals surface area contributed by atoms with Gasteiger partial charge in [-0.2, -0.15) is 13.2 Å². The van der Waals surface area contributed by atoms with E-state index < -0.39 is 21.8 Å². The van der Waals surface area contributed by atoms with Gasteiger partial charge < -0.3 is 5.32 Å². The second-order valence-electron chi connectivity index (χ2n) is 3.79. The number of alkyl halides is 3. The van der Waals surface area contributed by atoms with Crippen molar-refractivity contribution in [2.75, 3.05) is 24.7 Å². The third kappa shape index (κ3) is 5.79. The monoisotopic (exact) mass is 360 g/mol. The quantitative estimate of drug-likeness (QED) is 0.792. The fourth-order valence-corrected chi connectivity index (χ4v) is 2.26. The summed E-state index contributed by atoms with van der Waals surface area (Å²) in [6, 6.07) is 3.21. The number of hydrogen-bond acceptors (Lipinski definition) is 3. The maximum absolute atomic E-state index is 12.4. The molecule has 1 rings (SSSR count). The van der Waals surface area contributed by atoms with E-state index in [2.05, 4.69) is 26.0 Å². The Kier molecular flexibility index (Phi) is 5.22. The molecule has 0 radical (unpaired) electrons. The Morgan fingerprint density at radius 2 is 1.89 bits per heavy atom. The van der Waals surface area contributed by atoms with Crippen LogP contribution in [0.5, 0.6) is 0 Å². The fraction of sp³-hybridized carbons (Fsp3) is 0.400. The van der Waals surface area contributed by atoms with Crippen LogP contribution in [0.4, 0.5) is 18.9 Å². The van der Waals surface area contributed by atoms with Crippen LogP contribution in [0.3, 0.4) is 0 Å². The van der Waals surface area contributed by atoms with Crippen molar-refractivity contribution in [1.29, 1.82) is 0 Å². The first-order chi connectivity index (χ1) is 8.59. The SMILES string of the molecule is CS(=O)(=O)NCCNc1ccc(C(F)(F)F)cc1Br. The normalized spacial score (nSPS) is 12.5. The first-order valence-corrected chi connectivity index (χ1v) is 7.83. The summed E-state index contributed by atoms with van der Waals surface area (Å²) in [4.78, 5) is 0. The van der Waals surface area contributed by atoms with Crippen LogP contribution >= 0.6 is 15.9 Å². The molecule has 0 aromatic heterocycles. The van der Waals surface area contributed by atoms with Crippen LogP contribution in [0.2, 0.25) is 0 Å². The molecule has 0 heterocycles. The maximum Gasteiger partial charge on any atom is 0.416 e. The second kappa shape index (κ2) is 6.10. The highest BCUT2D eigenvalue weighted by Gasteiger charge is 2.30. The highest BCUT2D eigenvalue weighted by atomic mass is 79.9. The Labute approximate surface area is 117 Å². The van der Waals surface area contributed by atoms with Gasteiger partial charge in [-0.05, 0) is 34.1 Å². The molecule has 2 N–H and O–H groups in total. The van der Waals surface area contributed by atoms with E-state index in [1.165, 1.54) is 6.07 Å². The number of anilines is 1. The highest BCUT2D eigenvalue weighted by molar-refractivity contribution is 9.10. The van der Waals surface area contributed by atoms with Gasteiger partial charge in [0.05, 0.1) is 11.8 Å². The van der Waals surface area contributed by atoms with Gasteiger partial charge in [0.1, 0.15) is 0 Å². The Bertz CT molecular complexity index is 546. The lowest BCUT2D eigenvalue weighted by molar-refractivity contribution is -0.137. The number of halogens is 4. The first kappa shape index (κ1) is 16.3. The summed E-state index contributed by atoms with van der Waals surface area (Å²) in [7, 11) is -3.27. The number of benzene rings is 1. The molecule has 1 aromatic rings. The number of rotatable bonds is 5. The smallest absolute Gasteiger partial charge is 0.383 e.